The minimum absolute atomic E-state index is 0.102. The Kier molecular flexibility index (Phi) is 9.98. The van der Waals surface area contributed by atoms with Crippen molar-refractivity contribution in [2.45, 2.75) is 69.4 Å². The molecule has 0 unspecified atom stereocenters. The molecule has 7 nitrogen and oxygen atoms in total. The molecule has 4 rings (SSSR count). The lowest BCUT2D eigenvalue weighted by Gasteiger charge is -2.32. The van der Waals surface area contributed by atoms with Crippen LogP contribution in [0.5, 0.6) is 0 Å². The third-order valence-electron chi connectivity index (χ3n) is 7.60. The number of anilines is 1. The first-order valence-corrected chi connectivity index (χ1v) is 15.5. The Morgan fingerprint density at radius 1 is 0.875 bits per heavy atom. The maximum absolute atomic E-state index is 14.0. The van der Waals surface area contributed by atoms with Gasteiger partial charge in [0.05, 0.1) is 10.6 Å². The Bertz CT molecular complexity index is 1360. The van der Waals surface area contributed by atoms with Gasteiger partial charge >= 0.3 is 0 Å². The summed E-state index contributed by atoms with van der Waals surface area (Å²) in [6.07, 6.45) is 5.40. The molecule has 2 amide bonds. The molecule has 1 aliphatic rings. The summed E-state index contributed by atoms with van der Waals surface area (Å²) in [5, 5.41) is 3.10. The van der Waals surface area contributed by atoms with E-state index in [1.54, 1.807) is 37.3 Å². The summed E-state index contributed by atoms with van der Waals surface area (Å²) in [6.45, 7) is 3.62. The van der Waals surface area contributed by atoms with Crippen molar-refractivity contribution in [1.82, 2.24) is 10.2 Å². The Morgan fingerprint density at radius 3 is 2.08 bits per heavy atom. The lowest BCUT2D eigenvalue weighted by Crippen LogP contribution is -2.53. The molecule has 212 valence electrons. The van der Waals surface area contributed by atoms with E-state index in [2.05, 4.69) is 5.32 Å². The first-order chi connectivity index (χ1) is 19.3. The number of sulfonamides is 1. The molecule has 0 aliphatic heterocycles. The highest BCUT2D eigenvalue weighted by atomic mass is 32.2. The maximum atomic E-state index is 14.0. The van der Waals surface area contributed by atoms with Crippen LogP contribution in [0.3, 0.4) is 0 Å². The van der Waals surface area contributed by atoms with Gasteiger partial charge in [-0.2, -0.15) is 0 Å². The number of hydrogen-bond donors (Lipinski definition) is 1. The number of aryl methyl sites for hydroxylation is 1. The fourth-order valence-electron chi connectivity index (χ4n) is 5.11. The van der Waals surface area contributed by atoms with E-state index < -0.39 is 28.5 Å². The summed E-state index contributed by atoms with van der Waals surface area (Å²) in [4.78, 5) is 28.9. The quantitative estimate of drug-likeness (QED) is 0.339. The number of hydrogen-bond acceptors (Lipinski definition) is 4. The van der Waals surface area contributed by atoms with Crippen LogP contribution in [-0.4, -0.2) is 50.3 Å². The van der Waals surface area contributed by atoms with Crippen LogP contribution in [-0.2, 0) is 32.5 Å². The van der Waals surface area contributed by atoms with Crippen molar-refractivity contribution in [3.8, 4) is 0 Å². The van der Waals surface area contributed by atoms with E-state index in [9.17, 15) is 18.0 Å². The number of carbonyl (C=O) groups excluding carboxylic acids is 2. The molecule has 0 radical (unpaired) electrons. The second kappa shape index (κ2) is 13.6. The maximum Gasteiger partial charge on any atom is 0.264 e. The second-order valence-electron chi connectivity index (χ2n) is 10.3. The highest BCUT2D eigenvalue weighted by Gasteiger charge is 2.33. The molecule has 3 aromatic carbocycles. The first-order valence-electron chi connectivity index (χ1n) is 14.1. The highest BCUT2D eigenvalue weighted by molar-refractivity contribution is 7.92. The van der Waals surface area contributed by atoms with E-state index in [1.807, 2.05) is 49.4 Å². The van der Waals surface area contributed by atoms with Crippen LogP contribution in [0.2, 0.25) is 0 Å². The van der Waals surface area contributed by atoms with Gasteiger partial charge in [0.15, 0.2) is 0 Å². The summed E-state index contributed by atoms with van der Waals surface area (Å²) >= 11 is 0. The lowest BCUT2D eigenvalue weighted by atomic mass is 10.1. The van der Waals surface area contributed by atoms with Gasteiger partial charge in [0.1, 0.15) is 12.6 Å². The van der Waals surface area contributed by atoms with Crippen molar-refractivity contribution in [2.75, 3.05) is 17.4 Å². The number of nitrogens with one attached hydrogen (secondary N) is 1. The molecule has 8 heteroatoms. The molecule has 1 N–H and O–H groups in total. The molecule has 0 aromatic heterocycles. The molecule has 0 bridgehead atoms. The third kappa shape index (κ3) is 7.30. The Hall–Kier alpha value is -3.65. The summed E-state index contributed by atoms with van der Waals surface area (Å²) in [5.74, 6) is -0.637. The predicted molar refractivity (Wildman–Crippen MR) is 159 cm³/mol. The SMILES string of the molecule is CCc1ccc(N(CC(=O)N(CCc2ccccc2)[C@@H](C)C(=O)NC2CCCC2)S(=O)(=O)c2ccccc2)cc1. The molecule has 40 heavy (non-hydrogen) atoms. The number of carbonyl (C=O) groups is 2. The fourth-order valence-corrected chi connectivity index (χ4v) is 6.54. The zero-order valence-electron chi connectivity index (χ0n) is 23.3. The Morgan fingerprint density at radius 2 is 1.48 bits per heavy atom. The van der Waals surface area contributed by atoms with Crippen molar-refractivity contribution in [2.24, 2.45) is 0 Å². The van der Waals surface area contributed by atoms with Gasteiger partial charge in [0, 0.05) is 12.6 Å². The van der Waals surface area contributed by atoms with Crippen LogP contribution in [0.4, 0.5) is 5.69 Å². The van der Waals surface area contributed by atoms with E-state index in [1.165, 1.54) is 17.0 Å². The van der Waals surface area contributed by atoms with E-state index in [0.717, 1.165) is 47.5 Å². The van der Waals surface area contributed by atoms with E-state index in [-0.39, 0.29) is 23.4 Å². The van der Waals surface area contributed by atoms with Crippen molar-refractivity contribution < 1.29 is 18.0 Å². The van der Waals surface area contributed by atoms with Gasteiger partial charge in [-0.15, -0.1) is 0 Å². The molecule has 1 saturated carbocycles. The first kappa shape index (κ1) is 29.3. The van der Waals surface area contributed by atoms with Gasteiger partial charge in [-0.1, -0.05) is 80.4 Å². The van der Waals surface area contributed by atoms with Gasteiger partial charge in [-0.3, -0.25) is 13.9 Å². The number of benzene rings is 3. The average Bonchev–Trinajstić information content (AvgIpc) is 3.50. The van der Waals surface area contributed by atoms with Gasteiger partial charge in [0.2, 0.25) is 11.8 Å². The van der Waals surface area contributed by atoms with Crippen LogP contribution >= 0.6 is 0 Å². The summed E-state index contributed by atoms with van der Waals surface area (Å²) in [6, 6.07) is 24.5. The van der Waals surface area contributed by atoms with Crippen molar-refractivity contribution in [3.63, 3.8) is 0 Å². The van der Waals surface area contributed by atoms with Crippen molar-refractivity contribution >= 4 is 27.5 Å². The Balaban J connectivity index is 1.63. The van der Waals surface area contributed by atoms with E-state index >= 15 is 0 Å². The molecule has 1 fully saturated rings. The smallest absolute Gasteiger partial charge is 0.264 e. The second-order valence-corrected chi connectivity index (χ2v) is 12.2. The van der Waals surface area contributed by atoms with Crippen molar-refractivity contribution in [1.29, 1.82) is 0 Å². The normalized spacial score (nSPS) is 14.4. The number of amides is 2. The highest BCUT2D eigenvalue weighted by Crippen LogP contribution is 2.25. The topological polar surface area (TPSA) is 86.8 Å². The average molecular weight is 562 g/mol. The summed E-state index contributed by atoms with van der Waals surface area (Å²) < 4.78 is 28.8. The molecule has 0 heterocycles. The molecule has 1 atom stereocenters. The minimum Gasteiger partial charge on any atom is -0.352 e. The van der Waals surface area contributed by atoms with Crippen LogP contribution < -0.4 is 9.62 Å². The molecule has 3 aromatic rings. The largest absolute Gasteiger partial charge is 0.352 e. The van der Waals surface area contributed by atoms with Crippen LogP contribution in [0.15, 0.2) is 89.8 Å². The number of nitrogens with zero attached hydrogens (tertiary/aromatic N) is 2. The summed E-state index contributed by atoms with van der Waals surface area (Å²) in [5.41, 5.74) is 2.50. The minimum atomic E-state index is -4.05. The van der Waals surface area contributed by atoms with Gasteiger partial charge in [-0.25, -0.2) is 8.42 Å². The fraction of sp³-hybridized carbons (Fsp3) is 0.375. The van der Waals surface area contributed by atoms with Gasteiger partial charge in [-0.05, 0) is 68.0 Å². The predicted octanol–water partition coefficient (Wildman–Crippen LogP) is 4.96. The molecular weight excluding hydrogens is 522 g/mol. The zero-order chi connectivity index (χ0) is 28.5. The molecule has 0 spiro atoms. The third-order valence-corrected chi connectivity index (χ3v) is 9.38. The number of rotatable bonds is 12. The van der Waals surface area contributed by atoms with Crippen LogP contribution in [0.1, 0.15) is 50.7 Å². The van der Waals surface area contributed by atoms with Gasteiger partial charge in [0.25, 0.3) is 10.0 Å². The molecule has 1 aliphatic carbocycles. The zero-order valence-corrected chi connectivity index (χ0v) is 24.1. The standard InChI is InChI=1S/C32H39N3O4S/c1-3-26-18-20-29(21-19-26)35(40(38,39)30-16-8-5-9-17-30)24-31(36)34(23-22-27-12-6-4-7-13-27)25(2)32(37)33-28-14-10-11-15-28/h4-9,12-13,16-21,25,28H,3,10-11,14-15,22-24H2,1-2H3,(H,33,37)/t25-/m0/s1. The molecular formula is C32H39N3O4S. The van der Waals surface area contributed by atoms with Crippen LogP contribution in [0, 0.1) is 0 Å². The lowest BCUT2D eigenvalue weighted by molar-refractivity contribution is -0.139. The van der Waals surface area contributed by atoms with Crippen LogP contribution in [0.25, 0.3) is 0 Å². The van der Waals surface area contributed by atoms with E-state index in [4.69, 9.17) is 0 Å². The van der Waals surface area contributed by atoms with Crippen molar-refractivity contribution in [3.05, 3.63) is 96.1 Å². The Labute approximate surface area is 238 Å². The van der Waals surface area contributed by atoms with Gasteiger partial charge < -0.3 is 10.2 Å². The monoisotopic (exact) mass is 561 g/mol. The molecule has 0 saturated heterocycles. The summed E-state index contributed by atoms with van der Waals surface area (Å²) in [7, 11) is -4.05. The van der Waals surface area contributed by atoms with E-state index in [0.29, 0.717) is 12.1 Å².